The first-order chi connectivity index (χ1) is 14.1. The van der Waals surface area contributed by atoms with Crippen LogP contribution in [0.4, 0.5) is 0 Å². The van der Waals surface area contributed by atoms with Gasteiger partial charge in [0.1, 0.15) is 12.1 Å². The second kappa shape index (κ2) is 9.02. The molecule has 1 fully saturated rings. The summed E-state index contributed by atoms with van der Waals surface area (Å²) in [5.74, 6) is 1.03. The summed E-state index contributed by atoms with van der Waals surface area (Å²) in [6.45, 7) is 3.40. The SMILES string of the molecule is Cn1cnnc1Sc1ccc(CN2CCC(=O)N(Cc3ccccc3Cl)CC2)o1. The quantitative estimate of drug-likeness (QED) is 0.595. The van der Waals surface area contributed by atoms with E-state index < -0.39 is 0 Å². The summed E-state index contributed by atoms with van der Waals surface area (Å²) in [6, 6.07) is 11.6. The van der Waals surface area contributed by atoms with E-state index in [1.54, 1.807) is 6.33 Å². The van der Waals surface area contributed by atoms with E-state index >= 15 is 0 Å². The van der Waals surface area contributed by atoms with Crippen LogP contribution in [0.25, 0.3) is 0 Å². The number of carbonyl (C=O) groups excluding carboxylic acids is 1. The van der Waals surface area contributed by atoms with Crippen molar-refractivity contribution in [2.24, 2.45) is 7.05 Å². The summed E-state index contributed by atoms with van der Waals surface area (Å²) in [5.41, 5.74) is 0.979. The zero-order valence-corrected chi connectivity index (χ0v) is 17.7. The summed E-state index contributed by atoms with van der Waals surface area (Å²) >= 11 is 7.70. The number of benzene rings is 1. The van der Waals surface area contributed by atoms with Gasteiger partial charge in [-0.05, 0) is 35.5 Å². The Bertz CT molecular complexity index is 989. The number of furan rings is 1. The highest BCUT2D eigenvalue weighted by molar-refractivity contribution is 7.99. The highest BCUT2D eigenvalue weighted by Crippen LogP contribution is 2.28. The van der Waals surface area contributed by atoms with Crippen LogP contribution in [0.3, 0.4) is 0 Å². The summed E-state index contributed by atoms with van der Waals surface area (Å²) in [7, 11) is 1.90. The van der Waals surface area contributed by atoms with Gasteiger partial charge in [-0.25, -0.2) is 0 Å². The lowest BCUT2D eigenvalue weighted by molar-refractivity contribution is -0.130. The van der Waals surface area contributed by atoms with Crippen LogP contribution in [0.5, 0.6) is 0 Å². The molecule has 4 rings (SSSR count). The number of aromatic nitrogens is 3. The van der Waals surface area contributed by atoms with Crippen molar-refractivity contribution >= 4 is 29.3 Å². The molecule has 2 aromatic heterocycles. The molecule has 7 nitrogen and oxygen atoms in total. The molecule has 0 bridgehead atoms. The third-order valence-electron chi connectivity index (χ3n) is 4.88. The Balaban J connectivity index is 1.34. The summed E-state index contributed by atoms with van der Waals surface area (Å²) in [5, 5.41) is 10.2. The van der Waals surface area contributed by atoms with Crippen molar-refractivity contribution in [3.63, 3.8) is 0 Å². The number of nitrogens with zero attached hydrogens (tertiary/aromatic N) is 5. The monoisotopic (exact) mass is 431 g/mol. The lowest BCUT2D eigenvalue weighted by Gasteiger charge is -2.22. The lowest BCUT2D eigenvalue weighted by Crippen LogP contribution is -2.32. The second-order valence-electron chi connectivity index (χ2n) is 6.98. The molecule has 3 heterocycles. The van der Waals surface area contributed by atoms with Gasteiger partial charge >= 0.3 is 0 Å². The van der Waals surface area contributed by atoms with Gasteiger partial charge in [0.2, 0.25) is 5.91 Å². The van der Waals surface area contributed by atoms with Gasteiger partial charge in [-0.2, -0.15) is 0 Å². The molecular weight excluding hydrogens is 410 g/mol. The fourth-order valence-electron chi connectivity index (χ4n) is 3.24. The maximum Gasteiger partial charge on any atom is 0.224 e. The zero-order chi connectivity index (χ0) is 20.2. The number of hydrogen-bond acceptors (Lipinski definition) is 6. The van der Waals surface area contributed by atoms with Crippen molar-refractivity contribution in [3.05, 3.63) is 59.1 Å². The van der Waals surface area contributed by atoms with Crippen molar-refractivity contribution in [2.45, 2.75) is 29.8 Å². The molecule has 29 heavy (non-hydrogen) atoms. The van der Waals surface area contributed by atoms with E-state index in [4.69, 9.17) is 16.0 Å². The van der Waals surface area contributed by atoms with Crippen LogP contribution >= 0.6 is 23.4 Å². The molecule has 0 aliphatic carbocycles. The van der Waals surface area contributed by atoms with Gasteiger partial charge in [-0.15, -0.1) is 10.2 Å². The van der Waals surface area contributed by atoms with Crippen molar-refractivity contribution < 1.29 is 9.21 Å². The Kier molecular flexibility index (Phi) is 6.22. The average Bonchev–Trinajstić information content (AvgIpc) is 3.28. The third kappa shape index (κ3) is 5.01. The number of aryl methyl sites for hydroxylation is 1. The zero-order valence-electron chi connectivity index (χ0n) is 16.1. The fraction of sp³-hybridized carbons (Fsp3) is 0.350. The number of amides is 1. The lowest BCUT2D eigenvalue weighted by atomic mass is 10.2. The van der Waals surface area contributed by atoms with Crippen LogP contribution in [0, 0.1) is 0 Å². The molecule has 0 saturated carbocycles. The van der Waals surface area contributed by atoms with Crippen molar-refractivity contribution in [2.75, 3.05) is 19.6 Å². The molecule has 0 spiro atoms. The molecule has 1 aliphatic heterocycles. The minimum absolute atomic E-state index is 0.158. The molecule has 0 N–H and O–H groups in total. The van der Waals surface area contributed by atoms with Crippen LogP contribution < -0.4 is 0 Å². The molecule has 1 saturated heterocycles. The molecular formula is C20H22ClN5O2S. The summed E-state index contributed by atoms with van der Waals surface area (Å²) in [4.78, 5) is 16.7. The van der Waals surface area contributed by atoms with Gasteiger partial charge in [-0.1, -0.05) is 29.8 Å². The molecule has 0 atom stereocenters. The Morgan fingerprint density at radius 3 is 2.79 bits per heavy atom. The fourth-order valence-corrected chi connectivity index (χ4v) is 4.18. The summed E-state index contributed by atoms with van der Waals surface area (Å²) < 4.78 is 7.79. The van der Waals surface area contributed by atoms with Gasteiger partial charge in [0.15, 0.2) is 10.2 Å². The van der Waals surface area contributed by atoms with Crippen LogP contribution in [-0.4, -0.2) is 50.1 Å². The predicted octanol–water partition coefficient (Wildman–Crippen LogP) is 3.45. The maximum atomic E-state index is 12.6. The van der Waals surface area contributed by atoms with E-state index in [0.717, 1.165) is 28.1 Å². The smallest absolute Gasteiger partial charge is 0.224 e. The molecule has 9 heteroatoms. The molecule has 0 unspecified atom stereocenters. The van der Waals surface area contributed by atoms with Gasteiger partial charge in [0.05, 0.1) is 6.54 Å². The molecule has 152 valence electrons. The van der Waals surface area contributed by atoms with Gasteiger partial charge < -0.3 is 13.9 Å². The predicted molar refractivity (Wildman–Crippen MR) is 111 cm³/mol. The van der Waals surface area contributed by atoms with E-state index in [1.165, 1.54) is 11.8 Å². The van der Waals surface area contributed by atoms with Crippen molar-refractivity contribution in [1.82, 2.24) is 24.6 Å². The van der Waals surface area contributed by atoms with Crippen LogP contribution in [0.15, 0.2) is 57.4 Å². The Morgan fingerprint density at radius 1 is 1.14 bits per heavy atom. The molecule has 1 aromatic carbocycles. The molecule has 1 amide bonds. The van der Waals surface area contributed by atoms with E-state index in [2.05, 4.69) is 15.1 Å². The van der Waals surface area contributed by atoms with E-state index in [-0.39, 0.29) is 5.91 Å². The number of hydrogen-bond donors (Lipinski definition) is 0. The highest BCUT2D eigenvalue weighted by Gasteiger charge is 2.22. The van der Waals surface area contributed by atoms with Crippen molar-refractivity contribution in [1.29, 1.82) is 0 Å². The number of carbonyl (C=O) groups is 1. The number of rotatable bonds is 6. The normalized spacial score (nSPS) is 15.7. The average molecular weight is 432 g/mol. The van der Waals surface area contributed by atoms with Crippen LogP contribution in [-0.2, 0) is 24.9 Å². The van der Waals surface area contributed by atoms with Gasteiger partial charge in [-0.3, -0.25) is 9.69 Å². The van der Waals surface area contributed by atoms with Gasteiger partial charge in [0.25, 0.3) is 0 Å². The van der Waals surface area contributed by atoms with E-state index in [9.17, 15) is 4.79 Å². The van der Waals surface area contributed by atoms with Crippen LogP contribution in [0.1, 0.15) is 17.7 Å². The second-order valence-corrected chi connectivity index (χ2v) is 8.36. The Labute approximate surface area is 178 Å². The van der Waals surface area contributed by atoms with Crippen molar-refractivity contribution in [3.8, 4) is 0 Å². The highest BCUT2D eigenvalue weighted by atomic mass is 35.5. The maximum absolute atomic E-state index is 12.6. The molecule has 3 aromatic rings. The van der Waals surface area contributed by atoms with E-state index in [0.29, 0.717) is 37.6 Å². The Morgan fingerprint density at radius 2 is 2.00 bits per heavy atom. The Hall–Kier alpha value is -2.29. The summed E-state index contributed by atoms with van der Waals surface area (Å²) in [6.07, 6.45) is 2.15. The van der Waals surface area contributed by atoms with E-state index in [1.807, 2.05) is 52.9 Å². The van der Waals surface area contributed by atoms with Gasteiger partial charge in [0, 0.05) is 44.7 Å². The third-order valence-corrected chi connectivity index (χ3v) is 6.22. The minimum Gasteiger partial charge on any atom is -0.453 e. The first kappa shape index (κ1) is 20.0. The standard InChI is InChI=1S/C20H22ClN5O2S/c1-24-14-22-23-20(24)29-19-7-6-16(28-19)13-25-9-8-18(27)26(11-10-25)12-15-4-2-3-5-17(15)21/h2-7,14H,8-13H2,1H3. The first-order valence-electron chi connectivity index (χ1n) is 9.42. The largest absolute Gasteiger partial charge is 0.453 e. The topological polar surface area (TPSA) is 67.4 Å². The number of halogens is 1. The molecule has 0 radical (unpaired) electrons. The first-order valence-corrected chi connectivity index (χ1v) is 10.6. The van der Waals surface area contributed by atoms with Crippen LogP contribution in [0.2, 0.25) is 5.02 Å². The minimum atomic E-state index is 0.158. The molecule has 1 aliphatic rings.